The van der Waals surface area contributed by atoms with Gasteiger partial charge in [0.15, 0.2) is 11.5 Å². The molecule has 0 radical (unpaired) electrons. The molecule has 1 saturated heterocycles. The molecule has 2 heterocycles. The number of carbonyl (C=O) groups is 3. The molecule has 2 amide bonds. The molecule has 0 spiro atoms. The van der Waals surface area contributed by atoms with Crippen LogP contribution in [0.3, 0.4) is 0 Å². The summed E-state index contributed by atoms with van der Waals surface area (Å²) in [7, 11) is 0. The van der Waals surface area contributed by atoms with Gasteiger partial charge in [0.2, 0.25) is 5.91 Å². The van der Waals surface area contributed by atoms with Gasteiger partial charge < -0.3 is 19.5 Å². The summed E-state index contributed by atoms with van der Waals surface area (Å²) in [5, 5.41) is 6.79. The second kappa shape index (κ2) is 11.7. The number of nitrogens with zero attached hydrogens (tertiary/aromatic N) is 2. The maximum Gasteiger partial charge on any atom is 0.309 e. The minimum Gasteiger partial charge on any atom is -0.466 e. The smallest absolute Gasteiger partial charge is 0.309 e. The van der Waals surface area contributed by atoms with Crippen molar-refractivity contribution in [1.29, 1.82) is 0 Å². The highest BCUT2D eigenvalue weighted by atomic mass is 16.5. The van der Waals surface area contributed by atoms with E-state index < -0.39 is 11.9 Å². The van der Waals surface area contributed by atoms with E-state index in [1.165, 1.54) is 0 Å². The number of amides is 2. The van der Waals surface area contributed by atoms with Gasteiger partial charge in [-0.1, -0.05) is 65.3 Å². The van der Waals surface area contributed by atoms with Crippen LogP contribution in [0.15, 0.2) is 65.2 Å². The van der Waals surface area contributed by atoms with Crippen molar-refractivity contribution in [3.63, 3.8) is 0 Å². The SMILES string of the molecule is CCOC(=O)C1CCN(C(=O)C(Cc2ccccc2)NC(=O)c2cc(-c3ccc(C)cc3)on2)CC1. The minimum absolute atomic E-state index is 0.109. The van der Waals surface area contributed by atoms with Crippen LogP contribution >= 0.6 is 0 Å². The van der Waals surface area contributed by atoms with E-state index in [4.69, 9.17) is 9.26 Å². The zero-order valence-corrected chi connectivity index (χ0v) is 20.6. The van der Waals surface area contributed by atoms with E-state index in [0.717, 1.165) is 16.7 Å². The van der Waals surface area contributed by atoms with Crippen LogP contribution in [0.4, 0.5) is 0 Å². The molecule has 1 unspecified atom stereocenters. The van der Waals surface area contributed by atoms with E-state index in [2.05, 4.69) is 10.5 Å². The summed E-state index contributed by atoms with van der Waals surface area (Å²) in [5.74, 6) is -0.600. The lowest BCUT2D eigenvalue weighted by molar-refractivity contribution is -0.151. The van der Waals surface area contributed by atoms with Gasteiger partial charge >= 0.3 is 5.97 Å². The first kappa shape index (κ1) is 25.2. The van der Waals surface area contributed by atoms with E-state index >= 15 is 0 Å². The van der Waals surface area contributed by atoms with E-state index in [9.17, 15) is 14.4 Å². The van der Waals surface area contributed by atoms with E-state index in [1.807, 2.05) is 61.5 Å². The van der Waals surface area contributed by atoms with Gasteiger partial charge in [-0.25, -0.2) is 0 Å². The lowest BCUT2D eigenvalue weighted by atomic mass is 9.95. The van der Waals surface area contributed by atoms with Gasteiger partial charge in [0, 0.05) is 31.1 Å². The van der Waals surface area contributed by atoms with Crippen molar-refractivity contribution < 1.29 is 23.6 Å². The number of esters is 1. The lowest BCUT2D eigenvalue weighted by Gasteiger charge is -2.33. The largest absolute Gasteiger partial charge is 0.466 e. The highest BCUT2D eigenvalue weighted by molar-refractivity contribution is 5.96. The number of ether oxygens (including phenoxy) is 1. The lowest BCUT2D eigenvalue weighted by Crippen LogP contribution is -2.52. The zero-order valence-electron chi connectivity index (χ0n) is 20.6. The Morgan fingerprint density at radius 1 is 1.08 bits per heavy atom. The molecule has 1 aromatic heterocycles. The molecular formula is C28H31N3O5. The molecule has 2 aromatic carbocycles. The average molecular weight is 490 g/mol. The molecule has 1 aliphatic rings. The molecule has 1 aliphatic heterocycles. The summed E-state index contributed by atoms with van der Waals surface area (Å²) in [6, 6.07) is 18.1. The topological polar surface area (TPSA) is 102 Å². The van der Waals surface area contributed by atoms with Crippen molar-refractivity contribution in [3.05, 3.63) is 77.5 Å². The quantitative estimate of drug-likeness (QED) is 0.483. The molecule has 0 saturated carbocycles. The highest BCUT2D eigenvalue weighted by Crippen LogP contribution is 2.22. The van der Waals surface area contributed by atoms with Gasteiger partial charge in [0.1, 0.15) is 6.04 Å². The second-order valence-corrected chi connectivity index (χ2v) is 9.01. The van der Waals surface area contributed by atoms with Crippen molar-refractivity contribution in [2.45, 2.75) is 39.2 Å². The van der Waals surface area contributed by atoms with Crippen molar-refractivity contribution in [3.8, 4) is 11.3 Å². The molecule has 0 aliphatic carbocycles. The molecule has 8 heteroatoms. The Morgan fingerprint density at radius 3 is 2.44 bits per heavy atom. The van der Waals surface area contributed by atoms with Gasteiger partial charge in [-0.15, -0.1) is 0 Å². The first-order valence-electron chi connectivity index (χ1n) is 12.3. The van der Waals surface area contributed by atoms with Crippen LogP contribution in [-0.2, 0) is 20.7 Å². The number of hydrogen-bond acceptors (Lipinski definition) is 6. The fourth-order valence-electron chi connectivity index (χ4n) is 4.33. The predicted octanol–water partition coefficient (Wildman–Crippen LogP) is 3.79. The maximum atomic E-state index is 13.5. The third-order valence-corrected chi connectivity index (χ3v) is 6.39. The first-order valence-corrected chi connectivity index (χ1v) is 12.3. The van der Waals surface area contributed by atoms with Crippen molar-refractivity contribution in [2.75, 3.05) is 19.7 Å². The molecule has 0 bridgehead atoms. The van der Waals surface area contributed by atoms with Crippen molar-refractivity contribution >= 4 is 17.8 Å². The van der Waals surface area contributed by atoms with E-state index in [-0.39, 0.29) is 23.5 Å². The molecule has 8 nitrogen and oxygen atoms in total. The Kier molecular flexibility index (Phi) is 8.15. The van der Waals surface area contributed by atoms with Crippen LogP contribution in [0, 0.1) is 12.8 Å². The van der Waals surface area contributed by atoms with Crippen LogP contribution in [0.5, 0.6) is 0 Å². The minimum atomic E-state index is -0.779. The first-order chi connectivity index (χ1) is 17.4. The maximum absolute atomic E-state index is 13.5. The van der Waals surface area contributed by atoms with Crippen LogP contribution in [0.25, 0.3) is 11.3 Å². The Labute approximate surface area is 210 Å². The highest BCUT2D eigenvalue weighted by Gasteiger charge is 2.32. The number of carbonyl (C=O) groups excluding carboxylic acids is 3. The third kappa shape index (κ3) is 6.19. The Morgan fingerprint density at radius 2 is 1.78 bits per heavy atom. The number of rotatable bonds is 8. The molecule has 1 N–H and O–H groups in total. The van der Waals surface area contributed by atoms with Gasteiger partial charge in [0.25, 0.3) is 5.91 Å². The van der Waals surface area contributed by atoms with Crippen molar-refractivity contribution in [1.82, 2.24) is 15.4 Å². The number of nitrogens with one attached hydrogen (secondary N) is 1. The van der Waals surface area contributed by atoms with E-state index in [1.54, 1.807) is 17.9 Å². The van der Waals surface area contributed by atoms with Crippen LogP contribution in [-0.4, -0.2) is 53.6 Å². The molecule has 188 valence electrons. The number of piperidine rings is 1. The Bertz CT molecular complexity index is 1180. The Balaban J connectivity index is 1.46. The van der Waals surface area contributed by atoms with Crippen LogP contribution in [0.2, 0.25) is 0 Å². The van der Waals surface area contributed by atoms with E-state index in [0.29, 0.717) is 44.7 Å². The molecule has 36 heavy (non-hydrogen) atoms. The average Bonchev–Trinajstić information content (AvgIpc) is 3.40. The molecule has 4 rings (SSSR count). The van der Waals surface area contributed by atoms with Crippen LogP contribution < -0.4 is 5.32 Å². The number of hydrogen-bond donors (Lipinski definition) is 1. The van der Waals surface area contributed by atoms with Gasteiger partial charge in [-0.05, 0) is 32.3 Å². The molecular weight excluding hydrogens is 458 g/mol. The normalized spacial score (nSPS) is 14.8. The van der Waals surface area contributed by atoms with Crippen LogP contribution in [0.1, 0.15) is 41.4 Å². The molecule has 1 fully saturated rings. The van der Waals surface area contributed by atoms with Gasteiger partial charge in [-0.2, -0.15) is 0 Å². The molecule has 3 aromatic rings. The molecule has 1 atom stereocenters. The fourth-order valence-corrected chi connectivity index (χ4v) is 4.33. The van der Waals surface area contributed by atoms with Gasteiger partial charge in [-0.3, -0.25) is 14.4 Å². The Hall–Kier alpha value is -3.94. The zero-order chi connectivity index (χ0) is 25.5. The second-order valence-electron chi connectivity index (χ2n) is 9.01. The third-order valence-electron chi connectivity index (χ3n) is 6.39. The number of aryl methyl sites for hydroxylation is 1. The summed E-state index contributed by atoms with van der Waals surface area (Å²) >= 11 is 0. The summed E-state index contributed by atoms with van der Waals surface area (Å²) in [5.41, 5.74) is 2.97. The summed E-state index contributed by atoms with van der Waals surface area (Å²) in [4.78, 5) is 40.3. The summed E-state index contributed by atoms with van der Waals surface area (Å²) < 4.78 is 10.5. The fraction of sp³-hybridized carbons (Fsp3) is 0.357. The van der Waals surface area contributed by atoms with Crippen molar-refractivity contribution in [2.24, 2.45) is 5.92 Å². The predicted molar refractivity (Wildman–Crippen MR) is 134 cm³/mol. The number of aromatic nitrogens is 1. The number of benzene rings is 2. The standard InChI is InChI=1S/C28H31N3O5/c1-3-35-28(34)22-13-15-31(16-14-22)27(33)24(17-20-7-5-4-6-8-20)29-26(32)23-18-25(36-30-23)21-11-9-19(2)10-12-21/h4-12,18,22,24H,3,13-17H2,1-2H3,(H,29,32). The number of likely N-dealkylation sites (tertiary alicyclic amines) is 1. The summed E-state index contributed by atoms with van der Waals surface area (Å²) in [6.07, 6.45) is 1.42. The van der Waals surface area contributed by atoms with Gasteiger partial charge in [0.05, 0.1) is 12.5 Å². The summed E-state index contributed by atoms with van der Waals surface area (Å²) in [6.45, 7) is 4.99. The monoisotopic (exact) mass is 489 g/mol.